The first-order valence-electron chi connectivity index (χ1n) is 9.03. The van der Waals surface area contributed by atoms with Crippen molar-refractivity contribution in [3.8, 4) is 5.88 Å². The van der Waals surface area contributed by atoms with Crippen molar-refractivity contribution in [1.82, 2.24) is 15.2 Å². The van der Waals surface area contributed by atoms with Crippen LogP contribution < -0.4 is 10.1 Å². The molecule has 0 saturated carbocycles. The summed E-state index contributed by atoms with van der Waals surface area (Å²) in [4.78, 5) is 17.5. The van der Waals surface area contributed by atoms with Crippen molar-refractivity contribution in [3.63, 3.8) is 0 Å². The molecule has 164 valence electrons. The number of aliphatic hydroxyl groups excluding tert-OH is 1. The van der Waals surface area contributed by atoms with Gasteiger partial charge in [0.05, 0.1) is 11.6 Å². The van der Waals surface area contributed by atoms with Gasteiger partial charge < -0.3 is 29.5 Å². The van der Waals surface area contributed by atoms with Gasteiger partial charge in [-0.05, 0) is 20.8 Å². The fourth-order valence-corrected chi connectivity index (χ4v) is 2.71. The SMILES string of the molecule is COC(O)c1cnc(OC[C@@H]2CN(C(=O)OC(C)(C)C)CCN2)cc1C(F)(F)F. The van der Waals surface area contributed by atoms with Crippen LogP contribution in [0, 0.1) is 0 Å². The summed E-state index contributed by atoms with van der Waals surface area (Å²) in [6.07, 6.45) is -6.06. The number of pyridine rings is 1. The topological polar surface area (TPSA) is 93.2 Å². The van der Waals surface area contributed by atoms with E-state index in [9.17, 15) is 23.1 Å². The third kappa shape index (κ3) is 6.72. The molecule has 1 aromatic heterocycles. The number of nitrogens with one attached hydrogen (secondary N) is 1. The van der Waals surface area contributed by atoms with Crippen molar-refractivity contribution in [2.24, 2.45) is 0 Å². The van der Waals surface area contributed by atoms with Crippen LogP contribution in [0.1, 0.15) is 38.2 Å². The second-order valence-electron chi connectivity index (χ2n) is 7.58. The first kappa shape index (κ1) is 23.2. The van der Waals surface area contributed by atoms with Crippen LogP contribution >= 0.6 is 0 Å². The lowest BCUT2D eigenvalue weighted by Gasteiger charge is -2.34. The summed E-state index contributed by atoms with van der Waals surface area (Å²) in [6.45, 7) is 6.52. The zero-order valence-electron chi connectivity index (χ0n) is 16.7. The largest absolute Gasteiger partial charge is 0.476 e. The van der Waals surface area contributed by atoms with Crippen molar-refractivity contribution in [2.75, 3.05) is 33.4 Å². The number of nitrogens with zero attached hydrogens (tertiary/aromatic N) is 2. The van der Waals surface area contributed by atoms with Crippen LogP contribution in [0.4, 0.5) is 18.0 Å². The predicted molar refractivity (Wildman–Crippen MR) is 96.3 cm³/mol. The summed E-state index contributed by atoms with van der Waals surface area (Å²) >= 11 is 0. The quantitative estimate of drug-likeness (QED) is 0.705. The molecule has 0 spiro atoms. The maximum Gasteiger partial charge on any atom is 0.417 e. The Morgan fingerprint density at radius 2 is 2.10 bits per heavy atom. The Bertz CT molecular complexity index is 709. The maximum atomic E-state index is 13.3. The zero-order valence-corrected chi connectivity index (χ0v) is 16.7. The minimum atomic E-state index is -4.72. The molecule has 11 heteroatoms. The van der Waals surface area contributed by atoms with E-state index in [1.165, 1.54) is 4.90 Å². The van der Waals surface area contributed by atoms with E-state index in [2.05, 4.69) is 15.0 Å². The molecule has 8 nitrogen and oxygen atoms in total. The highest BCUT2D eigenvalue weighted by molar-refractivity contribution is 5.68. The first-order chi connectivity index (χ1) is 13.4. The van der Waals surface area contributed by atoms with E-state index in [-0.39, 0.29) is 25.1 Å². The van der Waals surface area contributed by atoms with E-state index < -0.39 is 35.3 Å². The lowest BCUT2D eigenvalue weighted by atomic mass is 10.1. The molecule has 1 fully saturated rings. The zero-order chi connectivity index (χ0) is 21.8. The van der Waals surface area contributed by atoms with Gasteiger partial charge in [0.2, 0.25) is 5.88 Å². The Kier molecular flexibility index (Phi) is 7.30. The number of hydrogen-bond donors (Lipinski definition) is 2. The van der Waals surface area contributed by atoms with Gasteiger partial charge in [0.15, 0.2) is 6.29 Å². The highest BCUT2D eigenvalue weighted by Gasteiger charge is 2.36. The van der Waals surface area contributed by atoms with Gasteiger partial charge in [-0.1, -0.05) is 0 Å². The molecule has 29 heavy (non-hydrogen) atoms. The molecular weight excluding hydrogens is 395 g/mol. The summed E-state index contributed by atoms with van der Waals surface area (Å²) in [5, 5.41) is 12.7. The number of piperazine rings is 1. The molecule has 0 bridgehead atoms. The lowest BCUT2D eigenvalue weighted by molar-refractivity contribution is -0.144. The van der Waals surface area contributed by atoms with E-state index >= 15 is 0 Å². The molecule has 0 aliphatic carbocycles. The van der Waals surface area contributed by atoms with Gasteiger partial charge in [-0.3, -0.25) is 0 Å². The second-order valence-corrected chi connectivity index (χ2v) is 7.58. The highest BCUT2D eigenvalue weighted by atomic mass is 19.4. The fraction of sp³-hybridized carbons (Fsp3) is 0.667. The smallest absolute Gasteiger partial charge is 0.417 e. The molecule has 2 rings (SSSR count). The van der Waals surface area contributed by atoms with Gasteiger partial charge in [-0.2, -0.15) is 13.2 Å². The van der Waals surface area contributed by atoms with Crippen LogP contribution in [0.25, 0.3) is 0 Å². The molecule has 1 aliphatic heterocycles. The van der Waals surface area contributed by atoms with Crippen LogP contribution in [-0.2, 0) is 15.7 Å². The summed E-state index contributed by atoms with van der Waals surface area (Å²) in [6, 6.07) is 0.406. The van der Waals surface area contributed by atoms with Gasteiger partial charge in [0.25, 0.3) is 0 Å². The summed E-state index contributed by atoms with van der Waals surface area (Å²) < 4.78 is 55.1. The standard InChI is InChI=1S/C18H26F3N3O5/c1-17(2,3)29-16(26)24-6-5-22-11(9-24)10-28-14-7-13(18(19,20)21)12(8-23-14)15(25)27-4/h7-8,11,15,22,25H,5-6,9-10H2,1-4H3/t11-,15?/m0/s1. The van der Waals surface area contributed by atoms with Crippen LogP contribution in [-0.4, -0.2) is 66.1 Å². The van der Waals surface area contributed by atoms with E-state index in [1.54, 1.807) is 20.8 Å². The molecule has 2 N–H and O–H groups in total. The van der Waals surface area contributed by atoms with Crippen LogP contribution in [0.2, 0.25) is 0 Å². The molecule has 1 unspecified atom stereocenters. The minimum Gasteiger partial charge on any atom is -0.476 e. The number of ether oxygens (including phenoxy) is 3. The number of carbonyl (C=O) groups is 1. The average Bonchev–Trinajstić information content (AvgIpc) is 2.63. The predicted octanol–water partition coefficient (Wildman–Crippen LogP) is 2.33. The summed E-state index contributed by atoms with van der Waals surface area (Å²) in [5.41, 5.74) is -2.22. The summed E-state index contributed by atoms with van der Waals surface area (Å²) in [7, 11) is 1.08. The van der Waals surface area contributed by atoms with E-state index in [4.69, 9.17) is 9.47 Å². The summed E-state index contributed by atoms with van der Waals surface area (Å²) in [5.74, 6) is -0.249. The highest BCUT2D eigenvalue weighted by Crippen LogP contribution is 2.36. The number of alkyl halides is 3. The second kappa shape index (κ2) is 9.14. The minimum absolute atomic E-state index is 0.00419. The molecular formula is C18H26F3N3O5. The van der Waals surface area contributed by atoms with Crippen molar-refractivity contribution in [3.05, 3.63) is 23.4 Å². The number of methoxy groups -OCH3 is 1. The van der Waals surface area contributed by atoms with Gasteiger partial charge in [-0.15, -0.1) is 0 Å². The van der Waals surface area contributed by atoms with Gasteiger partial charge >= 0.3 is 12.3 Å². The van der Waals surface area contributed by atoms with E-state index in [0.717, 1.165) is 13.3 Å². The number of carbonyl (C=O) groups excluding carboxylic acids is 1. The fourth-order valence-electron chi connectivity index (χ4n) is 2.71. The molecule has 0 radical (unpaired) electrons. The normalized spacial score (nSPS) is 19.0. The first-order valence-corrected chi connectivity index (χ1v) is 9.03. The Labute approximate surface area is 166 Å². The Balaban J connectivity index is 2.03. The van der Waals surface area contributed by atoms with Crippen molar-refractivity contribution < 1.29 is 37.3 Å². The molecule has 1 aliphatic rings. The Morgan fingerprint density at radius 1 is 1.41 bits per heavy atom. The van der Waals surface area contributed by atoms with Gasteiger partial charge in [0, 0.05) is 44.6 Å². The number of hydrogen-bond acceptors (Lipinski definition) is 7. The third-order valence-electron chi connectivity index (χ3n) is 4.04. The number of aromatic nitrogens is 1. The lowest BCUT2D eigenvalue weighted by Crippen LogP contribution is -2.55. The number of amides is 1. The van der Waals surface area contributed by atoms with Crippen LogP contribution in [0.15, 0.2) is 12.3 Å². The third-order valence-corrected chi connectivity index (χ3v) is 4.04. The van der Waals surface area contributed by atoms with Crippen molar-refractivity contribution >= 4 is 6.09 Å². The van der Waals surface area contributed by atoms with Crippen LogP contribution in [0.3, 0.4) is 0 Å². The van der Waals surface area contributed by atoms with Crippen molar-refractivity contribution in [2.45, 2.75) is 44.9 Å². The molecule has 1 saturated heterocycles. The monoisotopic (exact) mass is 421 g/mol. The van der Waals surface area contributed by atoms with Gasteiger partial charge in [0.1, 0.15) is 12.2 Å². The van der Waals surface area contributed by atoms with E-state index in [0.29, 0.717) is 19.2 Å². The van der Waals surface area contributed by atoms with Crippen LogP contribution in [0.5, 0.6) is 5.88 Å². The molecule has 2 heterocycles. The van der Waals surface area contributed by atoms with Gasteiger partial charge in [-0.25, -0.2) is 9.78 Å². The molecule has 2 atom stereocenters. The molecule has 1 amide bonds. The Hall–Kier alpha value is -2.11. The molecule has 1 aromatic rings. The maximum absolute atomic E-state index is 13.3. The average molecular weight is 421 g/mol. The van der Waals surface area contributed by atoms with Crippen molar-refractivity contribution in [1.29, 1.82) is 0 Å². The number of halogens is 3. The van der Waals surface area contributed by atoms with E-state index in [1.807, 2.05) is 0 Å². The number of aliphatic hydroxyl groups is 1. The number of rotatable bonds is 5. The molecule has 0 aromatic carbocycles. The Morgan fingerprint density at radius 3 is 2.69 bits per heavy atom.